The van der Waals surface area contributed by atoms with Gasteiger partial charge in [0, 0.05) is 23.5 Å². The Labute approximate surface area is 165 Å². The maximum absolute atomic E-state index is 13.7. The fourth-order valence-corrected chi connectivity index (χ4v) is 2.65. The van der Waals surface area contributed by atoms with Gasteiger partial charge in [0.25, 0.3) is 5.95 Å². The maximum atomic E-state index is 13.7. The molecule has 0 aliphatic heterocycles. The van der Waals surface area contributed by atoms with Crippen molar-refractivity contribution in [1.29, 1.82) is 0 Å². The first-order chi connectivity index (χ1) is 14.1. The van der Waals surface area contributed by atoms with Crippen LogP contribution in [-0.4, -0.2) is 15.0 Å². The van der Waals surface area contributed by atoms with Crippen molar-refractivity contribution >= 4 is 17.5 Å². The second-order valence-electron chi connectivity index (χ2n) is 6.03. The summed E-state index contributed by atoms with van der Waals surface area (Å²) in [7, 11) is 0. The Hall–Kier alpha value is -4.07. The number of pyridine rings is 1. The summed E-state index contributed by atoms with van der Waals surface area (Å²) in [5, 5.41) is 3.12. The van der Waals surface area contributed by atoms with Crippen molar-refractivity contribution in [3.63, 3.8) is 0 Å². The predicted octanol–water partition coefficient (Wildman–Crippen LogP) is 4.93. The van der Waals surface area contributed by atoms with E-state index in [9.17, 15) is 8.78 Å². The molecule has 0 bridgehead atoms. The molecule has 0 saturated heterocycles. The van der Waals surface area contributed by atoms with Gasteiger partial charge in [0.1, 0.15) is 11.6 Å². The van der Waals surface area contributed by atoms with Crippen LogP contribution in [0, 0.1) is 11.8 Å². The van der Waals surface area contributed by atoms with E-state index in [-0.39, 0.29) is 11.7 Å². The molecule has 0 radical (unpaired) electrons. The molecule has 0 saturated carbocycles. The van der Waals surface area contributed by atoms with Crippen LogP contribution in [-0.2, 0) is 0 Å². The summed E-state index contributed by atoms with van der Waals surface area (Å²) in [5.74, 6) is -1.50. The highest BCUT2D eigenvalue weighted by atomic mass is 19.1. The molecule has 0 atom stereocenters. The van der Waals surface area contributed by atoms with Crippen molar-refractivity contribution in [2.24, 2.45) is 0 Å². The molecule has 144 valence electrons. The third-order valence-electron chi connectivity index (χ3n) is 3.97. The van der Waals surface area contributed by atoms with E-state index in [4.69, 9.17) is 10.5 Å². The van der Waals surface area contributed by atoms with Crippen LogP contribution in [0.3, 0.4) is 0 Å². The van der Waals surface area contributed by atoms with Gasteiger partial charge in [-0.05, 0) is 30.3 Å². The van der Waals surface area contributed by atoms with Gasteiger partial charge in [-0.2, -0.15) is 9.37 Å². The van der Waals surface area contributed by atoms with Crippen LogP contribution in [0.15, 0.2) is 72.9 Å². The molecule has 4 aromatic rings. The van der Waals surface area contributed by atoms with Crippen molar-refractivity contribution in [3.05, 3.63) is 84.7 Å². The van der Waals surface area contributed by atoms with Crippen LogP contribution in [0.4, 0.5) is 26.2 Å². The molecule has 0 unspecified atom stereocenters. The van der Waals surface area contributed by atoms with Gasteiger partial charge in [0.05, 0.1) is 5.69 Å². The zero-order valence-electron chi connectivity index (χ0n) is 15.0. The third kappa shape index (κ3) is 4.27. The van der Waals surface area contributed by atoms with Crippen molar-refractivity contribution in [1.82, 2.24) is 15.0 Å². The summed E-state index contributed by atoms with van der Waals surface area (Å²) < 4.78 is 32.5. The number of nitrogens with one attached hydrogen (secondary N) is 1. The Kier molecular flexibility index (Phi) is 4.98. The van der Waals surface area contributed by atoms with E-state index in [2.05, 4.69) is 20.3 Å². The number of nitrogens with two attached hydrogens (primary N) is 1. The third-order valence-corrected chi connectivity index (χ3v) is 3.97. The van der Waals surface area contributed by atoms with Crippen molar-refractivity contribution < 1.29 is 13.5 Å². The predicted molar refractivity (Wildman–Crippen MR) is 106 cm³/mol. The summed E-state index contributed by atoms with van der Waals surface area (Å²) in [6, 6.07) is 18.9. The first-order valence-corrected chi connectivity index (χ1v) is 8.63. The number of ether oxygens (including phenoxy) is 1. The second kappa shape index (κ2) is 7.89. The molecule has 0 aliphatic rings. The van der Waals surface area contributed by atoms with E-state index in [1.165, 1.54) is 0 Å². The van der Waals surface area contributed by atoms with E-state index in [0.717, 1.165) is 17.8 Å². The molecule has 29 heavy (non-hydrogen) atoms. The zero-order chi connectivity index (χ0) is 20.2. The molecular weight excluding hydrogens is 376 g/mol. The Bertz CT molecular complexity index is 1120. The van der Waals surface area contributed by atoms with Crippen LogP contribution in [0.25, 0.3) is 11.3 Å². The van der Waals surface area contributed by atoms with Crippen LogP contribution in [0.1, 0.15) is 0 Å². The molecule has 0 fully saturated rings. The molecule has 0 amide bonds. The summed E-state index contributed by atoms with van der Waals surface area (Å²) in [6.07, 6.45) is 1.03. The molecule has 8 heteroatoms. The lowest BCUT2D eigenvalue weighted by Gasteiger charge is -2.10. The average molecular weight is 391 g/mol. The molecular formula is C21H15F2N5O. The lowest BCUT2D eigenvalue weighted by Crippen LogP contribution is -2.01. The van der Waals surface area contributed by atoms with Gasteiger partial charge in [0.2, 0.25) is 11.7 Å². The van der Waals surface area contributed by atoms with Crippen LogP contribution >= 0.6 is 0 Å². The highest BCUT2D eigenvalue weighted by molar-refractivity contribution is 5.67. The van der Waals surface area contributed by atoms with Crippen LogP contribution < -0.4 is 15.8 Å². The number of rotatable bonds is 5. The number of anilines is 3. The smallest absolute Gasteiger partial charge is 0.258 e. The normalized spacial score (nSPS) is 10.6. The van der Waals surface area contributed by atoms with Gasteiger partial charge >= 0.3 is 0 Å². The van der Waals surface area contributed by atoms with Gasteiger partial charge in [-0.25, -0.2) is 14.4 Å². The Morgan fingerprint density at radius 2 is 1.66 bits per heavy atom. The number of aromatic nitrogens is 3. The average Bonchev–Trinajstić information content (AvgIpc) is 2.72. The SMILES string of the molecule is Nc1nc(Nc2ccc(Oc3c(F)ccnc3F)cc2)cc(-c2ccccc2)n1. The van der Waals surface area contributed by atoms with Gasteiger partial charge < -0.3 is 15.8 Å². The lowest BCUT2D eigenvalue weighted by atomic mass is 10.1. The van der Waals surface area contributed by atoms with E-state index in [1.54, 1.807) is 30.3 Å². The van der Waals surface area contributed by atoms with Crippen LogP contribution in [0.5, 0.6) is 11.5 Å². The number of benzene rings is 2. The number of nitrogens with zero attached hydrogens (tertiary/aromatic N) is 3. The van der Waals surface area contributed by atoms with E-state index < -0.39 is 17.5 Å². The first kappa shape index (κ1) is 18.3. The standard InChI is InChI=1S/C21H15F2N5O/c22-16-10-11-25-20(23)19(16)29-15-8-6-14(7-9-15)26-18-12-17(27-21(24)28-18)13-4-2-1-3-5-13/h1-12H,(H3,24,26,27,28). The minimum Gasteiger partial charge on any atom is -0.449 e. The zero-order valence-corrected chi connectivity index (χ0v) is 15.0. The minimum atomic E-state index is -1.02. The van der Waals surface area contributed by atoms with Gasteiger partial charge in [-0.1, -0.05) is 30.3 Å². The second-order valence-corrected chi connectivity index (χ2v) is 6.03. The fraction of sp³-hybridized carbons (Fsp3) is 0. The van der Waals surface area contributed by atoms with Crippen LogP contribution in [0.2, 0.25) is 0 Å². The fourth-order valence-electron chi connectivity index (χ4n) is 2.65. The maximum Gasteiger partial charge on any atom is 0.258 e. The minimum absolute atomic E-state index is 0.135. The number of hydrogen-bond acceptors (Lipinski definition) is 6. The topological polar surface area (TPSA) is 86.0 Å². The van der Waals surface area contributed by atoms with Crippen molar-refractivity contribution in [2.75, 3.05) is 11.1 Å². The summed E-state index contributed by atoms with van der Waals surface area (Å²) >= 11 is 0. The Morgan fingerprint density at radius 1 is 0.897 bits per heavy atom. The van der Waals surface area contributed by atoms with Crippen molar-refractivity contribution in [2.45, 2.75) is 0 Å². The molecule has 6 nitrogen and oxygen atoms in total. The molecule has 2 aromatic carbocycles. The monoisotopic (exact) mass is 391 g/mol. The number of halogens is 2. The summed E-state index contributed by atoms with van der Waals surface area (Å²) in [5.41, 5.74) is 8.11. The largest absolute Gasteiger partial charge is 0.449 e. The molecule has 4 rings (SSSR count). The molecule has 2 heterocycles. The van der Waals surface area contributed by atoms with Gasteiger partial charge in [-0.3, -0.25) is 0 Å². The Balaban J connectivity index is 1.53. The van der Waals surface area contributed by atoms with Crippen molar-refractivity contribution in [3.8, 4) is 22.8 Å². The number of nitrogen functional groups attached to an aromatic ring is 1. The summed E-state index contributed by atoms with van der Waals surface area (Å²) in [4.78, 5) is 11.8. The Morgan fingerprint density at radius 3 is 2.38 bits per heavy atom. The molecule has 2 aromatic heterocycles. The highest BCUT2D eigenvalue weighted by Crippen LogP contribution is 2.28. The quantitative estimate of drug-likeness (QED) is 0.469. The molecule has 0 spiro atoms. The van der Waals surface area contributed by atoms with E-state index in [0.29, 0.717) is 17.2 Å². The first-order valence-electron chi connectivity index (χ1n) is 8.63. The molecule has 3 N–H and O–H groups in total. The highest BCUT2D eigenvalue weighted by Gasteiger charge is 2.12. The lowest BCUT2D eigenvalue weighted by molar-refractivity contribution is 0.395. The van der Waals surface area contributed by atoms with E-state index >= 15 is 0 Å². The van der Waals surface area contributed by atoms with Gasteiger partial charge in [-0.15, -0.1) is 0 Å². The van der Waals surface area contributed by atoms with Gasteiger partial charge in [0.15, 0.2) is 5.82 Å². The molecule has 0 aliphatic carbocycles. The van der Waals surface area contributed by atoms with E-state index in [1.807, 2.05) is 30.3 Å². The summed E-state index contributed by atoms with van der Waals surface area (Å²) in [6.45, 7) is 0. The number of hydrogen-bond donors (Lipinski definition) is 2.